The summed E-state index contributed by atoms with van der Waals surface area (Å²) < 4.78 is 4.87. The molecule has 1 rings (SSSR count). The lowest BCUT2D eigenvalue weighted by atomic mass is 10.3. The van der Waals surface area contributed by atoms with Crippen molar-refractivity contribution in [1.29, 1.82) is 0 Å². The molecule has 0 aliphatic carbocycles. The van der Waals surface area contributed by atoms with Crippen LogP contribution in [0.2, 0.25) is 5.02 Å². The molecule has 0 aliphatic heterocycles. The monoisotopic (exact) mass is 287 g/mol. The molecule has 19 heavy (non-hydrogen) atoms. The van der Waals surface area contributed by atoms with Crippen LogP contribution in [0.5, 0.6) is 5.75 Å². The normalized spacial score (nSPS) is 9.74. The second-order valence-corrected chi connectivity index (χ2v) is 4.14. The molecule has 108 valence electrons. The van der Waals surface area contributed by atoms with Gasteiger partial charge >= 0.3 is 5.97 Å². The van der Waals surface area contributed by atoms with Gasteiger partial charge in [-0.25, -0.2) is 4.79 Å². The van der Waals surface area contributed by atoms with Crippen LogP contribution in [-0.2, 0) is 4.79 Å². The van der Waals surface area contributed by atoms with E-state index in [1.165, 1.54) is 19.6 Å². The molecule has 0 spiro atoms. The molecule has 1 N–H and O–H groups in total. The number of para-hydroxylation sites is 1. The third-order valence-corrected chi connectivity index (χ3v) is 2.84. The number of carbonyl (C=O) groups is 1. The van der Waals surface area contributed by atoms with Crippen molar-refractivity contribution in [2.75, 3.05) is 26.2 Å². The van der Waals surface area contributed by atoms with Crippen molar-refractivity contribution in [2.24, 2.45) is 0 Å². The average molecular weight is 288 g/mol. The van der Waals surface area contributed by atoms with Crippen molar-refractivity contribution in [1.82, 2.24) is 4.90 Å². The molecule has 0 heterocycles. The summed E-state index contributed by atoms with van der Waals surface area (Å²) in [6, 6.07) is 6.73. The van der Waals surface area contributed by atoms with Gasteiger partial charge in [0.1, 0.15) is 5.75 Å². The number of halogens is 1. The highest BCUT2D eigenvalue weighted by molar-refractivity contribution is 6.32. The van der Waals surface area contributed by atoms with Crippen LogP contribution < -0.4 is 4.74 Å². The number of carboxylic acid groups (broad SMARTS) is 1. The molecule has 0 aliphatic rings. The number of hydrogen-bond acceptors (Lipinski definition) is 3. The minimum absolute atomic E-state index is 0.371. The SMILES string of the molecule is CCN(CC)CC.O=C(O)COc1ccccc1Cl. The number of benzene rings is 1. The second-order valence-electron chi connectivity index (χ2n) is 3.73. The van der Waals surface area contributed by atoms with Gasteiger partial charge in [-0.1, -0.05) is 44.5 Å². The van der Waals surface area contributed by atoms with Crippen LogP contribution in [0, 0.1) is 0 Å². The second kappa shape index (κ2) is 10.6. The largest absolute Gasteiger partial charge is 0.480 e. The van der Waals surface area contributed by atoms with Gasteiger partial charge in [0.05, 0.1) is 5.02 Å². The molecule has 0 bridgehead atoms. The quantitative estimate of drug-likeness (QED) is 0.873. The fourth-order valence-electron chi connectivity index (χ4n) is 1.37. The van der Waals surface area contributed by atoms with E-state index in [2.05, 4.69) is 25.7 Å². The van der Waals surface area contributed by atoms with Crippen LogP contribution >= 0.6 is 11.6 Å². The first-order chi connectivity index (χ1) is 9.04. The lowest BCUT2D eigenvalue weighted by molar-refractivity contribution is -0.139. The Morgan fingerprint density at radius 2 is 1.74 bits per heavy atom. The van der Waals surface area contributed by atoms with Crippen LogP contribution in [-0.4, -0.2) is 42.2 Å². The van der Waals surface area contributed by atoms with Gasteiger partial charge < -0.3 is 14.7 Å². The van der Waals surface area contributed by atoms with Gasteiger partial charge in [0.2, 0.25) is 0 Å². The number of carboxylic acids is 1. The van der Waals surface area contributed by atoms with Gasteiger partial charge in [0.15, 0.2) is 6.61 Å². The Balaban J connectivity index is 0.000000399. The standard InChI is InChI=1S/C8H7ClO3.C6H15N/c9-6-3-1-2-4-7(6)12-5-8(10)11;1-4-7(5-2)6-3/h1-4H,5H2,(H,10,11);4-6H2,1-3H3. The van der Waals surface area contributed by atoms with E-state index in [0.717, 1.165) is 0 Å². The van der Waals surface area contributed by atoms with E-state index in [4.69, 9.17) is 21.4 Å². The summed E-state index contributed by atoms with van der Waals surface area (Å²) in [7, 11) is 0. The van der Waals surface area contributed by atoms with Crippen LogP contribution in [0.25, 0.3) is 0 Å². The Labute approximate surface area is 119 Å². The van der Waals surface area contributed by atoms with Crippen molar-refractivity contribution in [2.45, 2.75) is 20.8 Å². The molecular weight excluding hydrogens is 266 g/mol. The molecule has 0 saturated heterocycles. The van der Waals surface area contributed by atoms with Crippen LogP contribution in [0.4, 0.5) is 0 Å². The van der Waals surface area contributed by atoms with Gasteiger partial charge in [0, 0.05) is 0 Å². The molecule has 0 saturated carbocycles. The van der Waals surface area contributed by atoms with E-state index >= 15 is 0 Å². The molecule has 1 aromatic rings. The summed E-state index contributed by atoms with van der Waals surface area (Å²) in [6.07, 6.45) is 0. The van der Waals surface area contributed by atoms with E-state index in [1.54, 1.807) is 24.3 Å². The number of ether oxygens (including phenoxy) is 1. The van der Waals surface area contributed by atoms with Gasteiger partial charge in [-0.05, 0) is 31.8 Å². The molecule has 0 radical (unpaired) electrons. The smallest absolute Gasteiger partial charge is 0.341 e. The van der Waals surface area contributed by atoms with Gasteiger partial charge in [-0.15, -0.1) is 0 Å². The predicted octanol–water partition coefficient (Wildman–Crippen LogP) is 3.15. The first-order valence-electron chi connectivity index (χ1n) is 6.36. The first kappa shape index (κ1) is 17.7. The molecule has 0 amide bonds. The molecule has 0 fully saturated rings. The summed E-state index contributed by atoms with van der Waals surface area (Å²) in [5.74, 6) is -0.628. The van der Waals surface area contributed by atoms with Gasteiger partial charge in [-0.3, -0.25) is 0 Å². The number of nitrogens with zero attached hydrogens (tertiary/aromatic N) is 1. The summed E-state index contributed by atoms with van der Waals surface area (Å²) in [4.78, 5) is 12.5. The lowest BCUT2D eigenvalue weighted by Gasteiger charge is -2.13. The molecule has 1 aromatic carbocycles. The summed E-state index contributed by atoms with van der Waals surface area (Å²) in [5, 5.41) is 8.71. The average Bonchev–Trinajstić information content (AvgIpc) is 2.40. The molecule has 5 heteroatoms. The Morgan fingerprint density at radius 1 is 1.21 bits per heavy atom. The maximum Gasteiger partial charge on any atom is 0.341 e. The highest BCUT2D eigenvalue weighted by atomic mass is 35.5. The number of aliphatic carboxylic acids is 1. The molecule has 4 nitrogen and oxygen atoms in total. The fourth-order valence-corrected chi connectivity index (χ4v) is 1.56. The minimum Gasteiger partial charge on any atom is -0.480 e. The van der Waals surface area contributed by atoms with Crippen molar-refractivity contribution in [3.05, 3.63) is 29.3 Å². The highest BCUT2D eigenvalue weighted by Crippen LogP contribution is 2.22. The van der Waals surface area contributed by atoms with Crippen molar-refractivity contribution >= 4 is 17.6 Å². The van der Waals surface area contributed by atoms with Crippen molar-refractivity contribution in [3.8, 4) is 5.75 Å². The van der Waals surface area contributed by atoms with E-state index in [-0.39, 0.29) is 6.61 Å². The molecule has 0 aromatic heterocycles. The maximum absolute atomic E-state index is 10.1. The highest BCUT2D eigenvalue weighted by Gasteiger charge is 2.01. The van der Waals surface area contributed by atoms with E-state index in [0.29, 0.717) is 10.8 Å². The summed E-state index contributed by atoms with van der Waals surface area (Å²) >= 11 is 5.69. The van der Waals surface area contributed by atoms with Crippen LogP contribution in [0.15, 0.2) is 24.3 Å². The van der Waals surface area contributed by atoms with Crippen LogP contribution in [0.3, 0.4) is 0 Å². The Bertz CT molecular complexity index is 362. The number of rotatable bonds is 6. The topological polar surface area (TPSA) is 49.8 Å². The molecule has 0 unspecified atom stereocenters. The summed E-state index contributed by atoms with van der Waals surface area (Å²) in [6.45, 7) is 9.75. The third kappa shape index (κ3) is 8.46. The van der Waals surface area contributed by atoms with Crippen molar-refractivity contribution < 1.29 is 14.6 Å². The minimum atomic E-state index is -1.02. The molecular formula is C14H22ClNO3. The zero-order valence-corrected chi connectivity index (χ0v) is 12.5. The predicted molar refractivity (Wildman–Crippen MR) is 78.0 cm³/mol. The zero-order valence-electron chi connectivity index (χ0n) is 11.7. The Morgan fingerprint density at radius 3 is 2.11 bits per heavy atom. The van der Waals surface area contributed by atoms with E-state index in [1.807, 2.05) is 0 Å². The van der Waals surface area contributed by atoms with E-state index < -0.39 is 5.97 Å². The van der Waals surface area contributed by atoms with E-state index in [9.17, 15) is 4.79 Å². The van der Waals surface area contributed by atoms with Crippen molar-refractivity contribution in [3.63, 3.8) is 0 Å². The number of hydrogen-bond donors (Lipinski definition) is 1. The first-order valence-corrected chi connectivity index (χ1v) is 6.74. The Kier molecular flexibility index (Phi) is 9.94. The molecule has 0 atom stereocenters. The third-order valence-electron chi connectivity index (χ3n) is 2.53. The zero-order chi connectivity index (χ0) is 14.7. The fraction of sp³-hybridized carbons (Fsp3) is 0.500. The lowest BCUT2D eigenvalue weighted by Crippen LogP contribution is -2.21. The van der Waals surface area contributed by atoms with Gasteiger partial charge in [-0.2, -0.15) is 0 Å². The maximum atomic E-state index is 10.1. The Hall–Kier alpha value is -1.26. The van der Waals surface area contributed by atoms with Crippen LogP contribution in [0.1, 0.15) is 20.8 Å². The van der Waals surface area contributed by atoms with Gasteiger partial charge in [0.25, 0.3) is 0 Å². The summed E-state index contributed by atoms with van der Waals surface area (Å²) in [5.41, 5.74) is 0.